The molecule has 0 unspecified atom stereocenters. The molecule has 15 heavy (non-hydrogen) atoms. The normalized spacial score (nSPS) is 11.8. The van der Waals surface area contributed by atoms with Crippen molar-refractivity contribution in [3.05, 3.63) is 34.1 Å². The fourth-order valence-corrected chi connectivity index (χ4v) is 1.40. The van der Waals surface area contributed by atoms with Gasteiger partial charge in [-0.3, -0.25) is 4.84 Å². The monoisotopic (exact) mass is 275 g/mol. The Morgan fingerprint density at radius 2 is 2.07 bits per heavy atom. The fraction of sp³-hybridized carbons (Fsp3) is 0.455. The molecule has 1 N–H and O–H groups in total. The lowest BCUT2D eigenvalue weighted by Gasteiger charge is -2.19. The summed E-state index contributed by atoms with van der Waals surface area (Å²) in [6, 6.07) is 4.57. The van der Waals surface area contributed by atoms with E-state index in [1.54, 1.807) is 6.07 Å². The molecule has 0 aliphatic carbocycles. The predicted molar refractivity (Wildman–Crippen MR) is 61.8 cm³/mol. The molecule has 0 saturated carbocycles. The largest absolute Gasteiger partial charge is 0.296 e. The summed E-state index contributed by atoms with van der Waals surface area (Å²) in [5, 5.41) is 0. The minimum absolute atomic E-state index is 0.245. The van der Waals surface area contributed by atoms with Gasteiger partial charge in [0.25, 0.3) is 0 Å². The van der Waals surface area contributed by atoms with Crippen molar-refractivity contribution in [1.82, 2.24) is 5.48 Å². The highest BCUT2D eigenvalue weighted by Crippen LogP contribution is 2.17. The third kappa shape index (κ3) is 4.73. The van der Waals surface area contributed by atoms with Crippen molar-refractivity contribution in [2.24, 2.45) is 0 Å². The minimum atomic E-state index is -0.250. The molecule has 4 heteroatoms. The molecule has 84 valence electrons. The van der Waals surface area contributed by atoms with Crippen LogP contribution in [0, 0.1) is 5.82 Å². The van der Waals surface area contributed by atoms with Gasteiger partial charge < -0.3 is 0 Å². The molecule has 1 aromatic rings. The van der Waals surface area contributed by atoms with Gasteiger partial charge in [-0.25, -0.2) is 4.39 Å². The minimum Gasteiger partial charge on any atom is -0.296 e. The van der Waals surface area contributed by atoms with Gasteiger partial charge in [0.05, 0.1) is 5.60 Å². The van der Waals surface area contributed by atoms with Crippen molar-refractivity contribution in [3.8, 4) is 0 Å². The van der Waals surface area contributed by atoms with Crippen molar-refractivity contribution in [2.75, 3.05) is 0 Å². The number of rotatable bonds is 3. The molecule has 0 heterocycles. The van der Waals surface area contributed by atoms with E-state index in [2.05, 4.69) is 21.4 Å². The Balaban J connectivity index is 2.54. The van der Waals surface area contributed by atoms with E-state index >= 15 is 0 Å². The summed E-state index contributed by atoms with van der Waals surface area (Å²) in [5.41, 5.74) is 3.40. The Morgan fingerprint density at radius 3 is 2.67 bits per heavy atom. The Bertz CT molecular complexity index is 336. The average Bonchev–Trinajstić information content (AvgIpc) is 2.09. The zero-order valence-electron chi connectivity index (χ0n) is 9.10. The summed E-state index contributed by atoms with van der Waals surface area (Å²) < 4.78 is 13.8. The van der Waals surface area contributed by atoms with E-state index in [4.69, 9.17) is 4.84 Å². The van der Waals surface area contributed by atoms with Crippen molar-refractivity contribution in [1.29, 1.82) is 0 Å². The van der Waals surface area contributed by atoms with Gasteiger partial charge in [0.2, 0.25) is 0 Å². The Hall–Kier alpha value is -0.450. The molecule has 0 aromatic heterocycles. The van der Waals surface area contributed by atoms with Gasteiger partial charge in [0, 0.05) is 11.0 Å². The van der Waals surface area contributed by atoms with E-state index < -0.39 is 0 Å². The molecule has 0 radical (unpaired) electrons. The molecule has 0 spiro atoms. The highest BCUT2D eigenvalue weighted by atomic mass is 79.9. The summed E-state index contributed by atoms with van der Waals surface area (Å²) in [5.74, 6) is -0.245. The van der Waals surface area contributed by atoms with E-state index in [0.717, 1.165) is 10.0 Å². The van der Waals surface area contributed by atoms with Crippen LogP contribution in [0.3, 0.4) is 0 Å². The molecule has 2 nitrogen and oxygen atoms in total. The van der Waals surface area contributed by atoms with Crippen LogP contribution in [-0.4, -0.2) is 5.60 Å². The lowest BCUT2D eigenvalue weighted by atomic mass is 10.2. The van der Waals surface area contributed by atoms with Gasteiger partial charge in [0.15, 0.2) is 0 Å². The zero-order chi connectivity index (χ0) is 11.5. The Labute approximate surface area is 97.9 Å². The molecular formula is C11H15BrFNO. The van der Waals surface area contributed by atoms with E-state index in [1.165, 1.54) is 12.1 Å². The van der Waals surface area contributed by atoms with Gasteiger partial charge in [-0.15, -0.1) is 0 Å². The van der Waals surface area contributed by atoms with Gasteiger partial charge in [-0.05, 0) is 44.5 Å². The van der Waals surface area contributed by atoms with E-state index in [9.17, 15) is 4.39 Å². The Kier molecular flexibility index (Phi) is 4.25. The van der Waals surface area contributed by atoms with Crippen LogP contribution in [0.15, 0.2) is 22.7 Å². The molecular weight excluding hydrogens is 261 g/mol. The maximum Gasteiger partial charge on any atom is 0.123 e. The zero-order valence-corrected chi connectivity index (χ0v) is 10.7. The summed E-state index contributed by atoms with van der Waals surface area (Å²) >= 11 is 3.35. The number of hydroxylamine groups is 1. The second-order valence-corrected chi connectivity index (χ2v) is 5.13. The molecule has 1 aromatic carbocycles. The van der Waals surface area contributed by atoms with Crippen LogP contribution in [0.5, 0.6) is 0 Å². The highest BCUT2D eigenvalue weighted by Gasteiger charge is 2.10. The first-order chi connectivity index (χ1) is 6.88. The third-order valence-corrected chi connectivity index (χ3v) is 2.42. The molecule has 1 rings (SSSR count). The molecule has 0 aliphatic rings. The molecule has 0 atom stereocenters. The van der Waals surface area contributed by atoms with Crippen LogP contribution in [-0.2, 0) is 11.4 Å². The Morgan fingerprint density at radius 1 is 1.40 bits per heavy atom. The third-order valence-electron chi connectivity index (χ3n) is 1.65. The second kappa shape index (κ2) is 5.05. The predicted octanol–water partition coefficient (Wildman–Crippen LogP) is 3.41. The number of halogens is 2. The number of benzene rings is 1. The molecule has 0 saturated heterocycles. The lowest BCUT2D eigenvalue weighted by molar-refractivity contribution is -0.0758. The smallest absolute Gasteiger partial charge is 0.123 e. The SMILES string of the molecule is CC(C)(C)ONCc1cc(F)ccc1Br. The number of hydrogen-bond donors (Lipinski definition) is 1. The van der Waals surface area contributed by atoms with Crippen LogP contribution in [0.2, 0.25) is 0 Å². The van der Waals surface area contributed by atoms with Crippen molar-refractivity contribution < 1.29 is 9.23 Å². The van der Waals surface area contributed by atoms with E-state index in [0.29, 0.717) is 6.54 Å². The highest BCUT2D eigenvalue weighted by molar-refractivity contribution is 9.10. The summed E-state index contributed by atoms with van der Waals surface area (Å²) in [4.78, 5) is 5.33. The summed E-state index contributed by atoms with van der Waals surface area (Å²) in [7, 11) is 0. The summed E-state index contributed by atoms with van der Waals surface area (Å²) in [6.07, 6.45) is 0. The molecule has 0 bridgehead atoms. The second-order valence-electron chi connectivity index (χ2n) is 4.27. The maximum absolute atomic E-state index is 12.9. The summed E-state index contributed by atoms with van der Waals surface area (Å²) in [6.45, 7) is 6.30. The van der Waals surface area contributed by atoms with Gasteiger partial charge in [0.1, 0.15) is 5.82 Å². The van der Waals surface area contributed by atoms with Gasteiger partial charge >= 0.3 is 0 Å². The standard InChI is InChI=1S/C11H15BrFNO/c1-11(2,3)15-14-7-8-6-9(13)4-5-10(8)12/h4-6,14H,7H2,1-3H3. The molecule has 0 aliphatic heterocycles. The average molecular weight is 276 g/mol. The van der Waals surface area contributed by atoms with Crippen LogP contribution in [0.4, 0.5) is 4.39 Å². The first-order valence-corrected chi connectivity index (χ1v) is 5.52. The van der Waals surface area contributed by atoms with Crippen molar-refractivity contribution >= 4 is 15.9 Å². The van der Waals surface area contributed by atoms with Crippen molar-refractivity contribution in [2.45, 2.75) is 32.9 Å². The first kappa shape index (κ1) is 12.6. The lowest BCUT2D eigenvalue weighted by Crippen LogP contribution is -2.28. The van der Waals surface area contributed by atoms with Crippen LogP contribution >= 0.6 is 15.9 Å². The van der Waals surface area contributed by atoms with Crippen LogP contribution < -0.4 is 5.48 Å². The van der Waals surface area contributed by atoms with Crippen LogP contribution in [0.25, 0.3) is 0 Å². The topological polar surface area (TPSA) is 21.3 Å². The van der Waals surface area contributed by atoms with Gasteiger partial charge in [-0.1, -0.05) is 15.9 Å². The molecule has 0 amide bonds. The van der Waals surface area contributed by atoms with E-state index in [-0.39, 0.29) is 11.4 Å². The number of nitrogens with one attached hydrogen (secondary N) is 1. The van der Waals surface area contributed by atoms with Crippen LogP contribution in [0.1, 0.15) is 26.3 Å². The fourth-order valence-electron chi connectivity index (χ4n) is 1.01. The molecule has 0 fully saturated rings. The van der Waals surface area contributed by atoms with Crippen molar-refractivity contribution in [3.63, 3.8) is 0 Å². The maximum atomic E-state index is 12.9. The van der Waals surface area contributed by atoms with Gasteiger partial charge in [-0.2, -0.15) is 5.48 Å². The van der Waals surface area contributed by atoms with E-state index in [1.807, 2.05) is 20.8 Å². The quantitative estimate of drug-likeness (QED) is 0.854. The first-order valence-electron chi connectivity index (χ1n) is 4.73. The number of hydrogen-bond acceptors (Lipinski definition) is 2.